The number of pyridine rings is 1. The van der Waals surface area contributed by atoms with Crippen molar-refractivity contribution in [1.29, 1.82) is 0 Å². The number of nitrogens with zero attached hydrogens (tertiary/aromatic N) is 3. The van der Waals surface area contributed by atoms with E-state index in [0.29, 0.717) is 17.7 Å². The fourth-order valence-electron chi connectivity index (χ4n) is 11.6. The van der Waals surface area contributed by atoms with E-state index < -0.39 is 139 Å². The predicted octanol–water partition coefficient (Wildman–Crippen LogP) is 5.54. The van der Waals surface area contributed by atoms with Gasteiger partial charge < -0.3 is 73.4 Å². The number of hydrogen-bond acceptors (Lipinski definition) is 18. The van der Waals surface area contributed by atoms with Crippen LogP contribution in [0, 0.1) is 23.7 Å². The number of aliphatic hydroxyl groups is 4. The lowest BCUT2D eigenvalue weighted by molar-refractivity contribution is -0.319. The zero-order chi connectivity index (χ0) is 56.4. The Bertz CT molecular complexity index is 2160. The maximum atomic E-state index is 14.7. The molecule has 0 bridgehead atoms. The number of rotatable bonds is 18. The molecule has 2 aromatic rings. The molecular weight excluding hydrogens is 988 g/mol. The maximum absolute atomic E-state index is 14.7. The molecule has 0 aliphatic carbocycles. The Morgan fingerprint density at radius 3 is 2.17 bits per heavy atom. The molecule has 3 fully saturated rings. The van der Waals surface area contributed by atoms with Gasteiger partial charge in [-0.25, -0.2) is 4.39 Å². The van der Waals surface area contributed by atoms with Crippen molar-refractivity contribution < 1.29 is 77.1 Å². The van der Waals surface area contributed by atoms with E-state index in [1.165, 1.54) is 35.4 Å². The predicted molar refractivity (Wildman–Crippen MR) is 281 cm³/mol. The van der Waals surface area contributed by atoms with Crippen LogP contribution in [0.4, 0.5) is 4.39 Å². The molecule has 3 saturated heterocycles. The lowest BCUT2D eigenvalue weighted by Gasteiger charge is -2.50. The van der Waals surface area contributed by atoms with Crippen molar-refractivity contribution in [3.8, 4) is 11.1 Å². The second-order valence-electron chi connectivity index (χ2n) is 22.0. The Morgan fingerprint density at radius 2 is 1.59 bits per heavy atom. The van der Waals surface area contributed by atoms with E-state index in [4.69, 9.17) is 42.7 Å². The largest absolute Gasteiger partial charge is 0.459 e. The van der Waals surface area contributed by atoms with Gasteiger partial charge in [0.2, 0.25) is 5.91 Å². The van der Waals surface area contributed by atoms with E-state index in [9.17, 15) is 34.4 Å². The minimum Gasteiger partial charge on any atom is -0.459 e. The lowest BCUT2D eigenvalue weighted by atomic mass is 9.73. The summed E-state index contributed by atoms with van der Waals surface area (Å²) in [5.74, 6) is -4.36. The van der Waals surface area contributed by atoms with Gasteiger partial charge >= 0.3 is 5.97 Å². The van der Waals surface area contributed by atoms with Crippen LogP contribution in [0.3, 0.4) is 0 Å². The molecule has 76 heavy (non-hydrogen) atoms. The van der Waals surface area contributed by atoms with Gasteiger partial charge in [0, 0.05) is 76.9 Å². The van der Waals surface area contributed by atoms with Gasteiger partial charge in [-0.2, -0.15) is 0 Å². The number of aliphatic hydroxyl groups excluding tert-OH is 3. The Balaban J connectivity index is 1.46. The molecule has 1 amide bonds. The summed E-state index contributed by atoms with van der Waals surface area (Å²) in [7, 11) is 7.66. The van der Waals surface area contributed by atoms with Crippen molar-refractivity contribution >= 4 is 17.6 Å². The number of hydrogen-bond donors (Lipinski definition) is 5. The molecule has 0 radical (unpaired) electrons. The third-order valence-electron chi connectivity index (χ3n) is 16.5. The van der Waals surface area contributed by atoms with E-state index in [0.717, 1.165) is 11.1 Å². The molecule has 20 atom stereocenters. The van der Waals surface area contributed by atoms with Gasteiger partial charge in [0.05, 0.1) is 59.4 Å². The average Bonchev–Trinajstić information content (AvgIpc) is 3.41. The number of aromatic nitrogens is 1. The molecule has 3 unspecified atom stereocenters. The van der Waals surface area contributed by atoms with Crippen LogP contribution in [0.1, 0.15) is 113 Å². The number of cyclic esters (lactones) is 1. The minimum atomic E-state index is -1.95. The van der Waals surface area contributed by atoms with E-state index >= 15 is 0 Å². The first kappa shape index (κ1) is 63.1. The van der Waals surface area contributed by atoms with Crippen LogP contribution in [0.5, 0.6) is 0 Å². The smallest absolute Gasteiger partial charge is 0.311 e. The fourth-order valence-corrected chi connectivity index (χ4v) is 11.6. The van der Waals surface area contributed by atoms with Crippen molar-refractivity contribution in [3.05, 3.63) is 54.4 Å². The van der Waals surface area contributed by atoms with Gasteiger partial charge in [-0.1, -0.05) is 63.2 Å². The highest BCUT2D eigenvalue weighted by Gasteiger charge is 2.54. The molecule has 3 aliphatic rings. The van der Waals surface area contributed by atoms with E-state index in [1.807, 2.05) is 69.0 Å². The third-order valence-corrected chi connectivity index (χ3v) is 16.5. The number of benzene rings is 1. The van der Waals surface area contributed by atoms with Gasteiger partial charge in [-0.05, 0) is 90.6 Å². The molecule has 19 nitrogen and oxygen atoms in total. The van der Waals surface area contributed by atoms with E-state index in [-0.39, 0.29) is 32.2 Å². The minimum absolute atomic E-state index is 0.0343. The standard InChI is InChI=1S/C56H89FN4O15/c1-16-42-56(10,67)49(64)33(4)45(60-71-15)31(2)27-55(9,70-14)51(34(5)47(35(6)52(66)74-42)75-44-28-54(8,69-13)50(65)36(7)73-44)76-53-46(63)41(26-32(3)72-53)61(11)25-23-43(62)59-40(29-57)48(68-12)38-21-19-37(20-22-38)39-18-17-24-58-30-39/h17-22,24,30-36,40-42,44,46-51,53,63-65,67H,16,23,25-29H2,1-15H3,(H,59,62)/b60-45+/t31-,32-,33+,34+,35-,36+,40-,41+,42-,44+,46-,47+,48-,49-,50+,51-,53+,54?,55?,56?/m1/s1. The summed E-state index contributed by atoms with van der Waals surface area (Å²) in [5, 5.41) is 54.7. The van der Waals surface area contributed by atoms with Gasteiger partial charge in [-0.3, -0.25) is 14.6 Å². The van der Waals surface area contributed by atoms with Crippen LogP contribution in [0.2, 0.25) is 0 Å². The molecule has 430 valence electrons. The molecule has 0 spiro atoms. The van der Waals surface area contributed by atoms with Crippen LogP contribution in [-0.2, 0) is 52.3 Å². The van der Waals surface area contributed by atoms with Gasteiger partial charge in [0.15, 0.2) is 12.6 Å². The summed E-state index contributed by atoms with van der Waals surface area (Å²) >= 11 is 0. The number of oxime groups is 1. The molecule has 1 aromatic heterocycles. The maximum Gasteiger partial charge on any atom is 0.311 e. The van der Waals surface area contributed by atoms with Crippen LogP contribution < -0.4 is 5.32 Å². The number of esters is 1. The number of carbonyl (C=O) groups is 2. The lowest BCUT2D eigenvalue weighted by Crippen LogP contribution is -2.61. The second-order valence-corrected chi connectivity index (χ2v) is 22.0. The van der Waals surface area contributed by atoms with E-state index in [1.54, 1.807) is 54.1 Å². The van der Waals surface area contributed by atoms with Crippen LogP contribution >= 0.6 is 0 Å². The molecule has 1 aromatic carbocycles. The van der Waals surface area contributed by atoms with Crippen LogP contribution in [-0.4, -0.2) is 187 Å². The molecule has 5 N–H and O–H groups in total. The summed E-state index contributed by atoms with van der Waals surface area (Å²) in [4.78, 5) is 39.6. The molecular formula is C56H89FN4O15. The molecule has 5 rings (SSSR count). The number of alkyl halides is 1. The first-order valence-electron chi connectivity index (χ1n) is 26.7. The molecule has 20 heteroatoms. The van der Waals surface area contributed by atoms with Gasteiger partial charge in [-0.15, -0.1) is 0 Å². The van der Waals surface area contributed by atoms with Crippen LogP contribution in [0.15, 0.2) is 53.9 Å². The Hall–Kier alpha value is -3.77. The average molecular weight is 1080 g/mol. The summed E-state index contributed by atoms with van der Waals surface area (Å²) in [5.41, 5.74) is -1.41. The number of likely N-dealkylation sites (N-methyl/N-ethyl adjacent to an activating group) is 1. The number of methoxy groups -OCH3 is 3. The monoisotopic (exact) mass is 1080 g/mol. The number of halogens is 1. The first-order valence-corrected chi connectivity index (χ1v) is 26.7. The first-order chi connectivity index (χ1) is 35.8. The summed E-state index contributed by atoms with van der Waals surface area (Å²) in [6.07, 6.45) is -7.20. The topological polar surface area (TPSA) is 239 Å². The quantitative estimate of drug-likeness (QED) is 0.0910. The normalized spacial score (nSPS) is 38.5. The number of nitrogens with one attached hydrogen (secondary N) is 1. The SMILES string of the molecule is CC[C@H]1OC(=O)[C@H](C)[C@@H](O[C@H]2CC(C)(OC)[C@@H](O)[C@H](C)O2)[C@H](C)[C@@H](O[C@@H]2O[C@H](C)C[C@H](N(C)CCC(=O)N[C@H](CF)[C@H](OC)c3ccc(-c4cccnc4)cc3)[C@H]2O)C(C)(OC)C[C@@H](C)/C(=N\OC)[C@H](C)[C@@H](O)C1(C)O. The second kappa shape index (κ2) is 27.4. The zero-order valence-corrected chi connectivity index (χ0v) is 47.4. The summed E-state index contributed by atoms with van der Waals surface area (Å²) < 4.78 is 65.6. The Morgan fingerprint density at radius 1 is 0.921 bits per heavy atom. The van der Waals surface area contributed by atoms with Crippen molar-refractivity contribution in [2.75, 3.05) is 48.7 Å². The summed E-state index contributed by atoms with van der Waals surface area (Å²) in [6.45, 7) is 16.7. The van der Waals surface area contributed by atoms with Crippen molar-refractivity contribution in [2.24, 2.45) is 28.8 Å². The van der Waals surface area contributed by atoms with Gasteiger partial charge in [0.1, 0.15) is 43.8 Å². The highest BCUT2D eigenvalue weighted by molar-refractivity contribution is 5.89. The Labute approximate surface area is 449 Å². The Kier molecular flexibility index (Phi) is 22.7. The summed E-state index contributed by atoms with van der Waals surface area (Å²) in [6, 6.07) is 9.70. The number of ether oxygens (including phenoxy) is 8. The highest BCUT2D eigenvalue weighted by Crippen LogP contribution is 2.42. The molecule has 4 heterocycles. The van der Waals surface area contributed by atoms with Crippen LogP contribution in [0.25, 0.3) is 11.1 Å². The fraction of sp³-hybridized carbons (Fsp3) is 0.750. The number of amides is 1. The third kappa shape index (κ3) is 14.5. The van der Waals surface area contributed by atoms with Gasteiger partial charge in [0.25, 0.3) is 0 Å². The number of carbonyl (C=O) groups excluding carboxylic acids is 2. The van der Waals surface area contributed by atoms with Crippen molar-refractivity contribution in [2.45, 2.75) is 198 Å². The zero-order valence-electron chi connectivity index (χ0n) is 47.4. The van der Waals surface area contributed by atoms with Crippen molar-refractivity contribution in [1.82, 2.24) is 15.2 Å². The highest BCUT2D eigenvalue weighted by atomic mass is 19.1. The molecule has 0 saturated carbocycles. The molecule has 3 aliphatic heterocycles. The van der Waals surface area contributed by atoms with Crippen molar-refractivity contribution in [3.63, 3.8) is 0 Å². The van der Waals surface area contributed by atoms with E-state index in [2.05, 4.69) is 15.5 Å².